The number of aromatic nitrogens is 1. The molecule has 1 radical (unpaired) electrons. The van der Waals surface area contributed by atoms with E-state index in [4.69, 9.17) is 5.32 Å². The summed E-state index contributed by atoms with van der Waals surface area (Å²) in [4.78, 5) is 11.0. The first-order valence-electron chi connectivity index (χ1n) is 18.2. The second-order valence-corrected chi connectivity index (χ2v) is 14.7. The molecule has 3 aliphatic heterocycles. The molecule has 267 valence electrons. The van der Waals surface area contributed by atoms with Gasteiger partial charge >= 0.3 is 0 Å². The quantitative estimate of drug-likeness (QED) is 0.101. The Hall–Kier alpha value is -5.16. The van der Waals surface area contributed by atoms with E-state index in [2.05, 4.69) is 165 Å². The summed E-state index contributed by atoms with van der Waals surface area (Å²) in [5, 5.41) is 12.6. The summed E-state index contributed by atoms with van der Waals surface area (Å²) in [6, 6.07) is 41.3. The zero-order valence-corrected chi connectivity index (χ0v) is 33.2. The fraction of sp³-hybridized carbons (Fsp3) is 0.191. The minimum absolute atomic E-state index is 0. The third kappa shape index (κ3) is 5.67. The number of para-hydroxylation sites is 1. The first kappa shape index (κ1) is 34.9. The summed E-state index contributed by atoms with van der Waals surface area (Å²) in [5.41, 5.74) is 12.5. The molecule has 0 aliphatic carbocycles. The molecule has 3 aliphatic rings. The third-order valence-electron chi connectivity index (χ3n) is 10.7. The maximum atomic E-state index is 5.43. The second kappa shape index (κ2) is 13.7. The molecule has 0 fully saturated rings. The van der Waals surface area contributed by atoms with E-state index in [0.29, 0.717) is 11.8 Å². The molecular weight excluding hydrogens is 827 g/mol. The van der Waals surface area contributed by atoms with E-state index in [1.165, 1.54) is 66.3 Å². The predicted molar refractivity (Wildman–Crippen MR) is 218 cm³/mol. The molecule has 53 heavy (non-hydrogen) atoms. The molecule has 0 saturated carbocycles. The minimum atomic E-state index is -0.0574. The molecule has 7 aromatic rings. The Kier molecular flexibility index (Phi) is 9.00. The maximum Gasteiger partial charge on any atom is 0.0346 e. The van der Waals surface area contributed by atoms with Crippen LogP contribution >= 0.6 is 0 Å². The van der Waals surface area contributed by atoms with E-state index in [1.54, 1.807) is 0 Å². The van der Waals surface area contributed by atoms with Crippen LogP contribution in [0.25, 0.3) is 54.5 Å². The molecule has 10 rings (SSSR count). The van der Waals surface area contributed by atoms with Gasteiger partial charge in [0.15, 0.2) is 0 Å². The van der Waals surface area contributed by atoms with Crippen molar-refractivity contribution in [1.82, 2.24) is 9.88 Å². The van der Waals surface area contributed by atoms with Gasteiger partial charge in [0.05, 0.1) is 0 Å². The molecule has 6 heteroatoms. The average Bonchev–Trinajstić information content (AvgIpc) is 3.74. The van der Waals surface area contributed by atoms with E-state index in [0.717, 1.165) is 22.1 Å². The Morgan fingerprint density at radius 1 is 0.736 bits per heavy atom. The number of hydrogen-bond donors (Lipinski definition) is 0. The molecular formula is C47H41IrN5-4. The number of fused-ring (bicyclic) bond motifs is 13. The topological polar surface area (TPSA) is 36.7 Å². The predicted octanol–water partition coefficient (Wildman–Crippen LogP) is 12.1. The van der Waals surface area contributed by atoms with E-state index in [-0.39, 0.29) is 26.3 Å². The number of hydrogen-bond acceptors (Lipinski definition) is 4. The Morgan fingerprint density at radius 3 is 2.21 bits per heavy atom. The van der Waals surface area contributed by atoms with Crippen LogP contribution in [0.5, 0.6) is 0 Å². The third-order valence-corrected chi connectivity index (χ3v) is 10.7. The van der Waals surface area contributed by atoms with Crippen molar-refractivity contribution in [2.75, 3.05) is 23.9 Å². The molecule has 0 spiro atoms. The molecule has 0 amide bonds. The van der Waals surface area contributed by atoms with Gasteiger partial charge in [-0.1, -0.05) is 92.9 Å². The number of anilines is 2. The van der Waals surface area contributed by atoms with Crippen LogP contribution in [-0.2, 0) is 20.1 Å². The molecule has 6 aromatic carbocycles. The summed E-state index contributed by atoms with van der Waals surface area (Å²) >= 11 is 0. The monoisotopic (exact) mass is 868 g/mol. The van der Waals surface area contributed by atoms with Crippen LogP contribution in [0.3, 0.4) is 0 Å². The molecule has 0 saturated heterocycles. The number of nitrogens with zero attached hydrogens (tertiary/aromatic N) is 5. The van der Waals surface area contributed by atoms with Crippen molar-refractivity contribution in [2.45, 2.75) is 45.7 Å². The molecule has 1 atom stereocenters. The molecule has 5 nitrogen and oxygen atoms in total. The van der Waals surface area contributed by atoms with Crippen molar-refractivity contribution in [3.8, 4) is 11.1 Å². The first-order chi connectivity index (χ1) is 25.3. The zero-order valence-electron chi connectivity index (χ0n) is 30.8. The van der Waals surface area contributed by atoms with Gasteiger partial charge in [-0.3, -0.25) is 4.98 Å². The summed E-state index contributed by atoms with van der Waals surface area (Å²) in [6.45, 7) is 11.2. The molecule has 4 heterocycles. The Labute approximate surface area is 326 Å². The maximum absolute atomic E-state index is 5.43. The summed E-state index contributed by atoms with van der Waals surface area (Å²) in [7, 11) is 4.25. The smallest absolute Gasteiger partial charge is 0.0346 e. The minimum Gasteiger partial charge on any atom is -0.703 e. The summed E-state index contributed by atoms with van der Waals surface area (Å²) in [5.74, 6) is 0.854. The van der Waals surface area contributed by atoms with Crippen LogP contribution < -0.4 is 9.80 Å². The van der Waals surface area contributed by atoms with Gasteiger partial charge in [0.1, 0.15) is 0 Å². The number of rotatable bonds is 3. The molecule has 1 aromatic heterocycles. The van der Waals surface area contributed by atoms with Crippen LogP contribution in [0.1, 0.15) is 68.0 Å². The van der Waals surface area contributed by atoms with Gasteiger partial charge in [0, 0.05) is 50.6 Å². The van der Waals surface area contributed by atoms with Crippen LogP contribution in [0, 0.1) is 18.8 Å². The van der Waals surface area contributed by atoms with Crippen molar-refractivity contribution >= 4 is 55.1 Å². The summed E-state index contributed by atoms with van der Waals surface area (Å²) in [6.07, 6.45) is 5.92. The largest absolute Gasteiger partial charge is 0.703 e. The fourth-order valence-corrected chi connectivity index (χ4v) is 8.33. The summed E-state index contributed by atoms with van der Waals surface area (Å²) < 4.78 is 0. The van der Waals surface area contributed by atoms with Gasteiger partial charge < -0.3 is 20.0 Å². The first-order valence-corrected chi connectivity index (χ1v) is 18.2. The van der Waals surface area contributed by atoms with Gasteiger partial charge in [-0.2, -0.15) is 42.0 Å². The fourth-order valence-electron chi connectivity index (χ4n) is 8.33. The molecule has 0 bridgehead atoms. The van der Waals surface area contributed by atoms with Crippen LogP contribution in [0.4, 0.5) is 17.1 Å². The van der Waals surface area contributed by atoms with Crippen molar-refractivity contribution in [1.29, 1.82) is 0 Å². The van der Waals surface area contributed by atoms with Crippen LogP contribution in [0.2, 0.25) is 0 Å². The van der Waals surface area contributed by atoms with Gasteiger partial charge in [-0.25, -0.2) is 0 Å². The molecule has 1 unspecified atom stereocenters. The molecule has 0 N–H and O–H groups in total. The zero-order chi connectivity index (χ0) is 35.7. The van der Waals surface area contributed by atoms with E-state index >= 15 is 0 Å². The number of pyridine rings is 1. The van der Waals surface area contributed by atoms with Gasteiger partial charge in [0.25, 0.3) is 0 Å². The number of benzene rings is 6. The SMILES string of the molecule is CC(C)c1cccc(C(C)C)c1C1[N-]c2c(c3cc4cnccc4cc3c3ccc[c-]c23)N1C.CN1C=C2c3ccccc3-c3ccc[c-]c3N2[CH-]1.[Ir]. The van der Waals surface area contributed by atoms with E-state index < -0.39 is 0 Å². The average molecular weight is 868 g/mol. The Morgan fingerprint density at radius 2 is 1.43 bits per heavy atom. The van der Waals surface area contributed by atoms with Crippen LogP contribution in [0.15, 0.2) is 116 Å². The van der Waals surface area contributed by atoms with Crippen molar-refractivity contribution in [2.24, 2.45) is 0 Å². The van der Waals surface area contributed by atoms with Gasteiger partial charge in [-0.05, 0) is 82.1 Å². The van der Waals surface area contributed by atoms with Crippen molar-refractivity contribution in [3.63, 3.8) is 0 Å². The standard InChI is InChI=1S/C31H29N3.C16H12N2.Ir/c1-18(2)22-11-8-12-23(19(3)4)28(22)31-33-29-25-10-7-6-9-24(25)26-15-20-13-14-32-17-21(20)16-27(26)30(29)34(31)5;1-17-10-16-14-8-3-2-6-12(14)13-7-4-5-9-15(13)18(16)11-17;/h6-9,11-19,31H,1-5H3;2-8,10-11H,1H3;/q2*-2;. The second-order valence-electron chi connectivity index (χ2n) is 14.7. The van der Waals surface area contributed by atoms with Gasteiger partial charge in [-0.15, -0.1) is 35.2 Å². The normalized spacial score (nSPS) is 15.4. The Bertz CT molecular complexity index is 2530. The van der Waals surface area contributed by atoms with E-state index in [9.17, 15) is 0 Å². The Balaban J connectivity index is 0.000000177. The van der Waals surface area contributed by atoms with Crippen LogP contribution in [-0.4, -0.2) is 24.0 Å². The van der Waals surface area contributed by atoms with Gasteiger partial charge in [0.2, 0.25) is 0 Å². The van der Waals surface area contributed by atoms with Crippen molar-refractivity contribution < 1.29 is 20.1 Å². The van der Waals surface area contributed by atoms with E-state index in [1.807, 2.05) is 30.6 Å². The van der Waals surface area contributed by atoms with Crippen molar-refractivity contribution in [3.05, 3.63) is 162 Å².